The molecule has 0 spiro atoms. The second-order valence-electron chi connectivity index (χ2n) is 6.53. The van der Waals surface area contributed by atoms with E-state index in [4.69, 9.17) is 5.73 Å². The standard InChI is InChI=1S/C20H24N4O2/c21-19(25)15-6-8-16(9-7-15)20(26)24(14-17-4-1-2-12-23-17)18-5-3-11-22-13-10-18/h1-2,4,6-9,12,18,22H,3,5,10-11,13-14H2,(H2,21,25). The maximum atomic E-state index is 13.2. The summed E-state index contributed by atoms with van der Waals surface area (Å²) in [7, 11) is 0. The van der Waals surface area contributed by atoms with Gasteiger partial charge in [0.15, 0.2) is 0 Å². The first-order chi connectivity index (χ1) is 12.6. The van der Waals surface area contributed by atoms with Crippen molar-refractivity contribution >= 4 is 11.8 Å². The molecule has 1 aliphatic heterocycles. The van der Waals surface area contributed by atoms with Crippen LogP contribution in [0.1, 0.15) is 45.7 Å². The van der Waals surface area contributed by atoms with Crippen LogP contribution in [0.5, 0.6) is 0 Å². The van der Waals surface area contributed by atoms with Crippen LogP contribution in [0.15, 0.2) is 48.7 Å². The van der Waals surface area contributed by atoms with Crippen molar-refractivity contribution in [2.45, 2.75) is 31.8 Å². The Hall–Kier alpha value is -2.73. The Labute approximate surface area is 153 Å². The number of hydrogen-bond donors (Lipinski definition) is 2. The SMILES string of the molecule is NC(=O)c1ccc(C(=O)N(Cc2ccccn2)C2CCCNCC2)cc1. The first-order valence-electron chi connectivity index (χ1n) is 8.96. The molecule has 1 saturated heterocycles. The number of aromatic nitrogens is 1. The molecule has 1 atom stereocenters. The number of hydrogen-bond acceptors (Lipinski definition) is 4. The number of nitrogens with one attached hydrogen (secondary N) is 1. The van der Waals surface area contributed by atoms with Crippen molar-refractivity contribution in [2.24, 2.45) is 5.73 Å². The predicted molar refractivity (Wildman–Crippen MR) is 99.6 cm³/mol. The summed E-state index contributed by atoms with van der Waals surface area (Å²) in [5, 5.41) is 3.39. The lowest BCUT2D eigenvalue weighted by Crippen LogP contribution is -2.40. The molecule has 3 rings (SSSR count). The van der Waals surface area contributed by atoms with E-state index in [0.717, 1.165) is 38.0 Å². The smallest absolute Gasteiger partial charge is 0.254 e. The Morgan fingerprint density at radius 3 is 2.54 bits per heavy atom. The van der Waals surface area contributed by atoms with E-state index in [-0.39, 0.29) is 11.9 Å². The van der Waals surface area contributed by atoms with Crippen LogP contribution in [-0.4, -0.2) is 40.8 Å². The fraction of sp³-hybridized carbons (Fsp3) is 0.350. The number of amides is 2. The van der Waals surface area contributed by atoms with Crippen molar-refractivity contribution in [1.29, 1.82) is 0 Å². The van der Waals surface area contributed by atoms with Crippen molar-refractivity contribution in [2.75, 3.05) is 13.1 Å². The maximum Gasteiger partial charge on any atom is 0.254 e. The van der Waals surface area contributed by atoms with Crippen molar-refractivity contribution in [3.8, 4) is 0 Å². The van der Waals surface area contributed by atoms with Gasteiger partial charge < -0.3 is 16.0 Å². The lowest BCUT2D eigenvalue weighted by Gasteiger charge is -2.31. The molecule has 0 radical (unpaired) electrons. The van der Waals surface area contributed by atoms with Gasteiger partial charge in [0.1, 0.15) is 0 Å². The van der Waals surface area contributed by atoms with Crippen LogP contribution < -0.4 is 11.1 Å². The third-order valence-corrected chi connectivity index (χ3v) is 4.72. The Balaban J connectivity index is 1.85. The van der Waals surface area contributed by atoms with Crippen molar-refractivity contribution in [3.63, 3.8) is 0 Å². The fourth-order valence-corrected chi connectivity index (χ4v) is 3.29. The molecule has 2 heterocycles. The highest BCUT2D eigenvalue weighted by Crippen LogP contribution is 2.19. The van der Waals surface area contributed by atoms with E-state index in [1.165, 1.54) is 0 Å². The Bertz CT molecular complexity index is 738. The van der Waals surface area contributed by atoms with Gasteiger partial charge in [0.25, 0.3) is 5.91 Å². The third kappa shape index (κ3) is 4.46. The summed E-state index contributed by atoms with van der Waals surface area (Å²) >= 11 is 0. The van der Waals surface area contributed by atoms with Gasteiger partial charge in [-0.3, -0.25) is 14.6 Å². The molecule has 1 fully saturated rings. The van der Waals surface area contributed by atoms with Gasteiger partial charge in [-0.2, -0.15) is 0 Å². The first kappa shape index (κ1) is 18.1. The lowest BCUT2D eigenvalue weighted by atomic mass is 10.0. The molecule has 0 bridgehead atoms. The van der Waals surface area contributed by atoms with Gasteiger partial charge in [0, 0.05) is 23.4 Å². The lowest BCUT2D eigenvalue weighted by molar-refractivity contribution is 0.0642. The normalized spacial score (nSPS) is 17.3. The summed E-state index contributed by atoms with van der Waals surface area (Å²) in [6, 6.07) is 12.4. The molecule has 6 nitrogen and oxygen atoms in total. The van der Waals surface area contributed by atoms with Crippen LogP contribution in [0.4, 0.5) is 0 Å². The fourth-order valence-electron chi connectivity index (χ4n) is 3.29. The average molecular weight is 352 g/mol. The summed E-state index contributed by atoms with van der Waals surface area (Å²) in [5.74, 6) is -0.539. The molecule has 6 heteroatoms. The van der Waals surface area contributed by atoms with Crippen LogP contribution in [0.2, 0.25) is 0 Å². The molecule has 0 saturated carbocycles. The maximum absolute atomic E-state index is 13.2. The second-order valence-corrected chi connectivity index (χ2v) is 6.53. The second kappa shape index (κ2) is 8.58. The zero-order valence-corrected chi connectivity index (χ0v) is 14.7. The number of primary amides is 1. The van der Waals surface area contributed by atoms with Gasteiger partial charge in [-0.05, 0) is 68.8 Å². The average Bonchev–Trinajstić information content (AvgIpc) is 2.96. The number of nitrogens with two attached hydrogens (primary N) is 1. The molecular weight excluding hydrogens is 328 g/mol. The number of rotatable bonds is 5. The van der Waals surface area contributed by atoms with Gasteiger partial charge >= 0.3 is 0 Å². The molecule has 136 valence electrons. The molecule has 3 N–H and O–H groups in total. The van der Waals surface area contributed by atoms with E-state index in [0.29, 0.717) is 17.7 Å². The topological polar surface area (TPSA) is 88.3 Å². The van der Waals surface area contributed by atoms with Gasteiger partial charge in [0.05, 0.1) is 12.2 Å². The Kier molecular flexibility index (Phi) is 5.96. The molecular formula is C20H24N4O2. The number of nitrogens with zero attached hydrogens (tertiary/aromatic N) is 2. The van der Waals surface area contributed by atoms with Gasteiger partial charge in [-0.1, -0.05) is 6.07 Å². The van der Waals surface area contributed by atoms with Crippen LogP contribution >= 0.6 is 0 Å². The van der Waals surface area contributed by atoms with Crippen LogP contribution in [0.25, 0.3) is 0 Å². The van der Waals surface area contributed by atoms with E-state index in [1.54, 1.807) is 30.5 Å². The number of pyridine rings is 1. The highest BCUT2D eigenvalue weighted by Gasteiger charge is 2.26. The number of benzene rings is 1. The highest BCUT2D eigenvalue weighted by molar-refractivity contribution is 5.97. The third-order valence-electron chi connectivity index (χ3n) is 4.72. The van der Waals surface area contributed by atoms with Gasteiger partial charge in [-0.25, -0.2) is 0 Å². The largest absolute Gasteiger partial charge is 0.366 e. The van der Waals surface area contributed by atoms with E-state index < -0.39 is 5.91 Å². The molecule has 2 amide bonds. The summed E-state index contributed by atoms with van der Waals surface area (Å²) in [4.78, 5) is 30.7. The van der Waals surface area contributed by atoms with Gasteiger partial charge in [0.2, 0.25) is 5.91 Å². The number of carbonyl (C=O) groups is 2. The van der Waals surface area contributed by atoms with E-state index >= 15 is 0 Å². The summed E-state index contributed by atoms with van der Waals surface area (Å²) < 4.78 is 0. The molecule has 1 aliphatic rings. The predicted octanol–water partition coefficient (Wildman–Crippen LogP) is 1.96. The van der Waals surface area contributed by atoms with Crippen LogP contribution in [0, 0.1) is 0 Å². The highest BCUT2D eigenvalue weighted by atomic mass is 16.2. The van der Waals surface area contributed by atoms with Crippen molar-refractivity contribution < 1.29 is 9.59 Å². The minimum absolute atomic E-state index is 0.0430. The first-order valence-corrected chi connectivity index (χ1v) is 8.96. The summed E-state index contributed by atoms with van der Waals surface area (Å²) in [5.41, 5.74) is 7.11. The Morgan fingerprint density at radius 1 is 1.08 bits per heavy atom. The molecule has 1 aromatic carbocycles. The van der Waals surface area contributed by atoms with Gasteiger partial charge in [-0.15, -0.1) is 0 Å². The molecule has 1 aromatic heterocycles. The summed E-state index contributed by atoms with van der Waals surface area (Å²) in [6.07, 6.45) is 4.66. The monoisotopic (exact) mass is 352 g/mol. The van der Waals surface area contributed by atoms with Crippen LogP contribution in [0.3, 0.4) is 0 Å². The van der Waals surface area contributed by atoms with Crippen molar-refractivity contribution in [3.05, 3.63) is 65.5 Å². The van der Waals surface area contributed by atoms with E-state index in [2.05, 4.69) is 10.3 Å². The molecule has 1 unspecified atom stereocenters. The molecule has 26 heavy (non-hydrogen) atoms. The zero-order valence-electron chi connectivity index (χ0n) is 14.7. The molecule has 0 aliphatic carbocycles. The Morgan fingerprint density at radius 2 is 1.85 bits per heavy atom. The van der Waals surface area contributed by atoms with Crippen LogP contribution in [-0.2, 0) is 6.54 Å². The minimum Gasteiger partial charge on any atom is -0.366 e. The molecule has 2 aromatic rings. The number of carbonyl (C=O) groups excluding carboxylic acids is 2. The summed E-state index contributed by atoms with van der Waals surface area (Å²) in [6.45, 7) is 2.36. The quantitative estimate of drug-likeness (QED) is 0.861. The van der Waals surface area contributed by atoms with E-state index in [9.17, 15) is 9.59 Å². The van der Waals surface area contributed by atoms with Crippen molar-refractivity contribution in [1.82, 2.24) is 15.2 Å². The van der Waals surface area contributed by atoms with E-state index in [1.807, 2.05) is 23.1 Å². The minimum atomic E-state index is -0.496. The zero-order chi connectivity index (χ0) is 18.4.